The van der Waals surface area contributed by atoms with Crippen molar-refractivity contribution in [2.24, 2.45) is 0 Å². The molecule has 1 heterocycles. The van der Waals surface area contributed by atoms with Crippen molar-refractivity contribution in [2.45, 2.75) is 26.7 Å². The van der Waals surface area contributed by atoms with Crippen molar-refractivity contribution >= 4 is 23.2 Å². The summed E-state index contributed by atoms with van der Waals surface area (Å²) in [6.07, 6.45) is 1.12. The first kappa shape index (κ1) is 20.7. The lowest BCUT2D eigenvalue weighted by Crippen LogP contribution is -2.28. The fourth-order valence-electron chi connectivity index (χ4n) is 3.76. The van der Waals surface area contributed by atoms with Gasteiger partial charge < -0.3 is 15.0 Å². The first-order chi connectivity index (χ1) is 15.0. The van der Waals surface area contributed by atoms with Crippen LogP contribution in [0.5, 0.6) is 5.75 Å². The van der Waals surface area contributed by atoms with Gasteiger partial charge >= 0.3 is 0 Å². The Kier molecular flexibility index (Phi) is 6.03. The maximum atomic E-state index is 12.9. The fraction of sp³-hybridized carbons (Fsp3) is 0.231. The molecule has 0 atom stereocenters. The third-order valence-corrected chi connectivity index (χ3v) is 5.69. The second-order valence-electron chi connectivity index (χ2n) is 7.76. The van der Waals surface area contributed by atoms with Gasteiger partial charge in [-0.05, 0) is 73.4 Å². The molecule has 31 heavy (non-hydrogen) atoms. The van der Waals surface area contributed by atoms with E-state index < -0.39 is 0 Å². The van der Waals surface area contributed by atoms with Crippen molar-refractivity contribution in [3.8, 4) is 5.75 Å². The number of ether oxygens (including phenoxy) is 1. The smallest absolute Gasteiger partial charge is 0.258 e. The molecular weight excluding hydrogens is 388 g/mol. The van der Waals surface area contributed by atoms with Crippen LogP contribution < -0.4 is 15.0 Å². The molecule has 1 aliphatic heterocycles. The predicted octanol–water partition coefficient (Wildman–Crippen LogP) is 4.91. The number of hydrogen-bond acceptors (Lipinski definition) is 3. The van der Waals surface area contributed by atoms with Gasteiger partial charge in [0.05, 0.1) is 13.0 Å². The lowest BCUT2D eigenvalue weighted by atomic mass is 10.1. The van der Waals surface area contributed by atoms with Gasteiger partial charge in [0.25, 0.3) is 5.91 Å². The molecule has 0 aromatic heterocycles. The Morgan fingerprint density at radius 3 is 2.55 bits per heavy atom. The number of anilines is 2. The molecular formula is C26H26N2O3. The summed E-state index contributed by atoms with van der Waals surface area (Å²) >= 11 is 0. The van der Waals surface area contributed by atoms with Crippen LogP contribution in [0.25, 0.3) is 0 Å². The second-order valence-corrected chi connectivity index (χ2v) is 7.76. The number of benzene rings is 3. The summed E-state index contributed by atoms with van der Waals surface area (Å²) in [7, 11) is 0. The Morgan fingerprint density at radius 2 is 1.74 bits per heavy atom. The molecule has 4 rings (SSSR count). The van der Waals surface area contributed by atoms with E-state index >= 15 is 0 Å². The first-order valence-corrected chi connectivity index (χ1v) is 10.5. The Balaban J connectivity index is 1.31. The van der Waals surface area contributed by atoms with E-state index in [-0.39, 0.29) is 18.2 Å². The number of fused-ring (bicyclic) bond motifs is 1. The second kappa shape index (κ2) is 9.04. The van der Waals surface area contributed by atoms with E-state index in [0.29, 0.717) is 24.4 Å². The summed E-state index contributed by atoms with van der Waals surface area (Å²) in [6, 6.07) is 20.9. The highest BCUT2D eigenvalue weighted by Crippen LogP contribution is 2.29. The van der Waals surface area contributed by atoms with Gasteiger partial charge in [-0.2, -0.15) is 0 Å². The summed E-state index contributed by atoms with van der Waals surface area (Å²) in [5, 5.41) is 2.86. The molecule has 1 N–H and O–H groups in total. The molecule has 0 spiro atoms. The van der Waals surface area contributed by atoms with E-state index in [4.69, 9.17) is 4.74 Å². The van der Waals surface area contributed by atoms with Gasteiger partial charge in [0.15, 0.2) is 0 Å². The summed E-state index contributed by atoms with van der Waals surface area (Å²) in [5.74, 6) is 0.654. The largest absolute Gasteiger partial charge is 0.493 e. The maximum Gasteiger partial charge on any atom is 0.258 e. The SMILES string of the molecule is Cc1cccc(OCCC(=O)Nc2ccc(C(=O)N3CCc4ccccc43)cc2)c1C. The van der Waals surface area contributed by atoms with E-state index in [1.165, 1.54) is 5.56 Å². The third kappa shape index (κ3) is 4.61. The molecule has 158 valence electrons. The van der Waals surface area contributed by atoms with Gasteiger partial charge in [0.2, 0.25) is 5.91 Å². The topological polar surface area (TPSA) is 58.6 Å². The minimum Gasteiger partial charge on any atom is -0.493 e. The predicted molar refractivity (Wildman–Crippen MR) is 123 cm³/mol. The molecule has 0 fully saturated rings. The molecule has 0 unspecified atom stereocenters. The zero-order chi connectivity index (χ0) is 21.8. The molecule has 3 aromatic carbocycles. The van der Waals surface area contributed by atoms with E-state index in [1.54, 1.807) is 24.3 Å². The summed E-state index contributed by atoms with van der Waals surface area (Å²) in [4.78, 5) is 27.0. The average Bonchev–Trinajstić information content (AvgIpc) is 3.21. The fourth-order valence-corrected chi connectivity index (χ4v) is 3.76. The van der Waals surface area contributed by atoms with E-state index in [0.717, 1.165) is 29.0 Å². The molecule has 3 aromatic rings. The van der Waals surface area contributed by atoms with E-state index in [2.05, 4.69) is 11.4 Å². The molecule has 2 amide bonds. The van der Waals surface area contributed by atoms with Gasteiger partial charge in [0.1, 0.15) is 5.75 Å². The van der Waals surface area contributed by atoms with E-state index in [1.807, 2.05) is 55.1 Å². The number of para-hydroxylation sites is 1. The molecule has 0 bridgehead atoms. The highest BCUT2D eigenvalue weighted by Gasteiger charge is 2.25. The number of nitrogens with zero attached hydrogens (tertiary/aromatic N) is 1. The van der Waals surface area contributed by atoms with Crippen LogP contribution in [0.2, 0.25) is 0 Å². The van der Waals surface area contributed by atoms with Crippen LogP contribution in [0.15, 0.2) is 66.7 Å². The Hall–Kier alpha value is -3.60. The number of rotatable bonds is 6. The number of carbonyl (C=O) groups excluding carboxylic acids is 2. The lowest BCUT2D eigenvalue weighted by Gasteiger charge is -2.17. The zero-order valence-electron chi connectivity index (χ0n) is 17.9. The van der Waals surface area contributed by atoms with Gasteiger partial charge in [-0.3, -0.25) is 9.59 Å². The standard InChI is InChI=1S/C26H26N2O3/c1-18-6-5-9-24(19(18)2)31-17-15-25(29)27-22-12-10-21(11-13-22)26(30)28-16-14-20-7-3-4-8-23(20)28/h3-13H,14-17H2,1-2H3,(H,27,29). The molecule has 0 aliphatic carbocycles. The normalized spacial score (nSPS) is 12.4. The molecule has 5 heteroatoms. The molecule has 0 radical (unpaired) electrons. The highest BCUT2D eigenvalue weighted by atomic mass is 16.5. The Labute approximate surface area is 182 Å². The number of nitrogens with one attached hydrogen (secondary N) is 1. The van der Waals surface area contributed by atoms with Crippen LogP contribution >= 0.6 is 0 Å². The monoisotopic (exact) mass is 414 g/mol. The van der Waals surface area contributed by atoms with Gasteiger partial charge in [-0.1, -0.05) is 30.3 Å². The van der Waals surface area contributed by atoms with Gasteiger partial charge in [-0.25, -0.2) is 0 Å². The number of aryl methyl sites for hydroxylation is 1. The number of amides is 2. The van der Waals surface area contributed by atoms with E-state index in [9.17, 15) is 9.59 Å². The summed E-state index contributed by atoms with van der Waals surface area (Å²) in [6.45, 7) is 5.04. The van der Waals surface area contributed by atoms with Crippen LogP contribution in [0.4, 0.5) is 11.4 Å². The van der Waals surface area contributed by atoms with Gasteiger partial charge in [0, 0.05) is 23.5 Å². The molecule has 5 nitrogen and oxygen atoms in total. The molecule has 0 saturated heterocycles. The maximum absolute atomic E-state index is 12.9. The van der Waals surface area contributed by atoms with Crippen LogP contribution in [-0.4, -0.2) is 25.0 Å². The highest BCUT2D eigenvalue weighted by molar-refractivity contribution is 6.07. The quantitative estimate of drug-likeness (QED) is 0.623. The van der Waals surface area contributed by atoms with Crippen LogP contribution in [0.1, 0.15) is 33.5 Å². The van der Waals surface area contributed by atoms with Gasteiger partial charge in [-0.15, -0.1) is 0 Å². The third-order valence-electron chi connectivity index (χ3n) is 5.69. The summed E-state index contributed by atoms with van der Waals surface area (Å²) < 4.78 is 5.75. The minimum atomic E-state index is -0.127. The number of hydrogen-bond donors (Lipinski definition) is 1. The van der Waals surface area contributed by atoms with Crippen LogP contribution in [-0.2, 0) is 11.2 Å². The van der Waals surface area contributed by atoms with Crippen molar-refractivity contribution in [1.82, 2.24) is 0 Å². The zero-order valence-corrected chi connectivity index (χ0v) is 17.9. The van der Waals surface area contributed by atoms with Crippen LogP contribution in [0, 0.1) is 13.8 Å². The minimum absolute atomic E-state index is 0.0234. The van der Waals surface area contributed by atoms with Crippen molar-refractivity contribution < 1.29 is 14.3 Å². The Morgan fingerprint density at radius 1 is 0.968 bits per heavy atom. The first-order valence-electron chi connectivity index (χ1n) is 10.5. The number of carbonyl (C=O) groups is 2. The molecule has 0 saturated carbocycles. The van der Waals surface area contributed by atoms with Crippen molar-refractivity contribution in [1.29, 1.82) is 0 Å². The lowest BCUT2D eigenvalue weighted by molar-refractivity contribution is -0.116. The average molecular weight is 415 g/mol. The van der Waals surface area contributed by atoms with Crippen LogP contribution in [0.3, 0.4) is 0 Å². The molecule has 1 aliphatic rings. The van der Waals surface area contributed by atoms with Crippen molar-refractivity contribution in [2.75, 3.05) is 23.4 Å². The van der Waals surface area contributed by atoms with Crippen molar-refractivity contribution in [3.05, 3.63) is 89.0 Å². The Bertz CT molecular complexity index is 1110. The van der Waals surface area contributed by atoms with Crippen molar-refractivity contribution in [3.63, 3.8) is 0 Å². The summed E-state index contributed by atoms with van der Waals surface area (Å²) in [5.41, 5.74) is 5.69.